The molecular weight excluding hydrogens is 370 g/mol. The Bertz CT molecular complexity index is 761. The lowest BCUT2D eigenvalue weighted by Gasteiger charge is -2.37. The van der Waals surface area contributed by atoms with E-state index in [0.29, 0.717) is 16.5 Å². The van der Waals surface area contributed by atoms with Crippen molar-refractivity contribution in [3.8, 4) is 5.75 Å². The lowest BCUT2D eigenvalue weighted by molar-refractivity contribution is 0.0588. The van der Waals surface area contributed by atoms with Gasteiger partial charge < -0.3 is 15.4 Å². The Morgan fingerprint density at radius 2 is 2.15 bits per heavy atom. The number of amides is 1. The van der Waals surface area contributed by atoms with Crippen LogP contribution in [0.2, 0.25) is 5.02 Å². The molecule has 2 aromatic rings. The van der Waals surface area contributed by atoms with Crippen molar-refractivity contribution in [1.29, 1.82) is 0 Å². The number of hydrogen-bond donors (Lipinski definition) is 1. The van der Waals surface area contributed by atoms with Gasteiger partial charge in [-0.2, -0.15) is 0 Å². The van der Waals surface area contributed by atoms with Crippen molar-refractivity contribution < 1.29 is 9.53 Å². The van der Waals surface area contributed by atoms with E-state index in [1.54, 1.807) is 12.1 Å². The second-order valence-corrected chi connectivity index (χ2v) is 8.21. The molecule has 1 aromatic heterocycles. The standard InChI is InChI=1S/C19H24ClN3O2S/c1-12(21)16-5-3-4-10-23(16)19(24)18-13(2)22-17(26-18)11-25-15-8-6-14(20)7-9-15/h6-9,12,16H,3-5,10-11,21H2,1-2H3. The van der Waals surface area contributed by atoms with Crippen LogP contribution < -0.4 is 10.5 Å². The summed E-state index contributed by atoms with van der Waals surface area (Å²) in [6, 6.07) is 7.27. The Morgan fingerprint density at radius 1 is 1.42 bits per heavy atom. The first-order valence-corrected chi connectivity index (χ1v) is 10.1. The maximum atomic E-state index is 13.0. The molecule has 1 saturated heterocycles. The van der Waals surface area contributed by atoms with Crippen LogP contribution in [0, 0.1) is 6.92 Å². The number of aromatic nitrogens is 1. The summed E-state index contributed by atoms with van der Waals surface area (Å²) in [7, 11) is 0. The van der Waals surface area contributed by atoms with Gasteiger partial charge in [0.1, 0.15) is 22.2 Å². The van der Waals surface area contributed by atoms with Crippen LogP contribution in [-0.2, 0) is 6.61 Å². The second kappa shape index (κ2) is 8.37. The zero-order chi connectivity index (χ0) is 18.7. The van der Waals surface area contributed by atoms with E-state index in [-0.39, 0.29) is 18.0 Å². The summed E-state index contributed by atoms with van der Waals surface area (Å²) < 4.78 is 5.74. The number of aryl methyl sites for hydroxylation is 1. The van der Waals surface area contributed by atoms with E-state index in [9.17, 15) is 4.79 Å². The minimum absolute atomic E-state index is 0.0276. The predicted octanol–water partition coefficient (Wildman–Crippen LogP) is 4.03. The van der Waals surface area contributed by atoms with E-state index in [0.717, 1.165) is 42.3 Å². The number of carbonyl (C=O) groups is 1. The summed E-state index contributed by atoms with van der Waals surface area (Å²) in [6.45, 7) is 4.94. The molecule has 3 rings (SSSR count). The first-order chi connectivity index (χ1) is 12.5. The third-order valence-corrected chi connectivity index (χ3v) is 6.00. The van der Waals surface area contributed by atoms with Gasteiger partial charge in [-0.25, -0.2) is 4.98 Å². The van der Waals surface area contributed by atoms with E-state index in [1.807, 2.05) is 30.9 Å². The molecule has 2 heterocycles. The molecule has 0 radical (unpaired) electrons. The smallest absolute Gasteiger partial charge is 0.266 e. The molecule has 5 nitrogen and oxygen atoms in total. The van der Waals surface area contributed by atoms with Gasteiger partial charge in [0.05, 0.1) is 5.69 Å². The van der Waals surface area contributed by atoms with Crippen molar-refractivity contribution in [1.82, 2.24) is 9.88 Å². The van der Waals surface area contributed by atoms with E-state index < -0.39 is 0 Å². The molecule has 0 spiro atoms. The number of likely N-dealkylation sites (tertiary alicyclic amines) is 1. The second-order valence-electron chi connectivity index (χ2n) is 6.69. The molecule has 1 aliphatic heterocycles. The monoisotopic (exact) mass is 393 g/mol. The van der Waals surface area contributed by atoms with Crippen molar-refractivity contribution in [2.24, 2.45) is 5.73 Å². The minimum atomic E-state index is -0.0276. The highest BCUT2D eigenvalue weighted by molar-refractivity contribution is 7.13. The number of ether oxygens (including phenoxy) is 1. The average Bonchev–Trinajstić information content (AvgIpc) is 3.01. The van der Waals surface area contributed by atoms with Gasteiger partial charge in [0.25, 0.3) is 5.91 Å². The number of benzene rings is 1. The molecule has 7 heteroatoms. The summed E-state index contributed by atoms with van der Waals surface area (Å²) in [5, 5.41) is 1.45. The first kappa shape index (κ1) is 19.1. The number of halogens is 1. The normalized spacial score (nSPS) is 18.6. The van der Waals surface area contributed by atoms with Crippen LogP contribution >= 0.6 is 22.9 Å². The third kappa shape index (κ3) is 4.37. The Hall–Kier alpha value is -1.63. The van der Waals surface area contributed by atoms with Crippen LogP contribution in [0.3, 0.4) is 0 Å². The Kier molecular flexibility index (Phi) is 6.16. The van der Waals surface area contributed by atoms with Crippen LogP contribution in [0.1, 0.15) is 46.6 Å². The van der Waals surface area contributed by atoms with Crippen LogP contribution in [0.25, 0.3) is 0 Å². The zero-order valence-corrected chi connectivity index (χ0v) is 16.6. The van der Waals surface area contributed by atoms with E-state index >= 15 is 0 Å². The van der Waals surface area contributed by atoms with Crippen molar-refractivity contribution in [3.05, 3.63) is 44.9 Å². The number of carbonyl (C=O) groups excluding carboxylic acids is 1. The lowest BCUT2D eigenvalue weighted by Crippen LogP contribution is -2.51. The fraction of sp³-hybridized carbons (Fsp3) is 0.474. The zero-order valence-electron chi connectivity index (χ0n) is 15.1. The number of thiazole rings is 1. The highest BCUT2D eigenvalue weighted by atomic mass is 35.5. The number of nitrogens with zero attached hydrogens (tertiary/aromatic N) is 2. The van der Waals surface area contributed by atoms with Gasteiger partial charge in [-0.05, 0) is 57.4 Å². The third-order valence-electron chi connectivity index (χ3n) is 4.63. The molecule has 26 heavy (non-hydrogen) atoms. The molecule has 1 aromatic carbocycles. The van der Waals surface area contributed by atoms with Crippen LogP contribution in [0.4, 0.5) is 0 Å². The molecule has 1 aliphatic rings. The summed E-state index contributed by atoms with van der Waals surface area (Å²) in [5.41, 5.74) is 6.86. The van der Waals surface area contributed by atoms with Gasteiger partial charge in [-0.3, -0.25) is 4.79 Å². The topological polar surface area (TPSA) is 68.5 Å². The Morgan fingerprint density at radius 3 is 2.85 bits per heavy atom. The maximum absolute atomic E-state index is 13.0. The molecule has 2 N–H and O–H groups in total. The van der Waals surface area contributed by atoms with Crippen LogP contribution in [0.5, 0.6) is 5.75 Å². The Labute approximate surface area is 163 Å². The predicted molar refractivity (Wildman–Crippen MR) is 105 cm³/mol. The van der Waals surface area contributed by atoms with Gasteiger partial charge in [0, 0.05) is 23.7 Å². The van der Waals surface area contributed by atoms with E-state index in [2.05, 4.69) is 4.98 Å². The van der Waals surface area contributed by atoms with Gasteiger partial charge in [0.2, 0.25) is 0 Å². The molecule has 1 fully saturated rings. The molecule has 0 saturated carbocycles. The summed E-state index contributed by atoms with van der Waals surface area (Å²) in [4.78, 5) is 20.2. The number of nitrogens with two attached hydrogens (primary N) is 1. The largest absolute Gasteiger partial charge is 0.486 e. The SMILES string of the molecule is Cc1nc(COc2ccc(Cl)cc2)sc1C(=O)N1CCCCC1C(C)N. The van der Waals surface area contributed by atoms with Crippen molar-refractivity contribution in [2.45, 2.75) is 51.8 Å². The molecule has 0 aliphatic carbocycles. The van der Waals surface area contributed by atoms with Crippen molar-refractivity contribution >= 4 is 28.8 Å². The molecule has 1 amide bonds. The molecule has 140 valence electrons. The molecule has 2 atom stereocenters. The highest BCUT2D eigenvalue weighted by Gasteiger charge is 2.31. The lowest BCUT2D eigenvalue weighted by atomic mass is 9.96. The fourth-order valence-corrected chi connectivity index (χ4v) is 4.33. The van der Waals surface area contributed by atoms with E-state index in [4.69, 9.17) is 22.1 Å². The van der Waals surface area contributed by atoms with Crippen LogP contribution in [0.15, 0.2) is 24.3 Å². The fourth-order valence-electron chi connectivity index (χ4n) is 3.27. The van der Waals surface area contributed by atoms with Crippen molar-refractivity contribution in [2.75, 3.05) is 6.54 Å². The van der Waals surface area contributed by atoms with E-state index in [1.165, 1.54) is 11.3 Å². The first-order valence-electron chi connectivity index (χ1n) is 8.87. The van der Waals surface area contributed by atoms with Gasteiger partial charge in [-0.1, -0.05) is 11.6 Å². The summed E-state index contributed by atoms with van der Waals surface area (Å²) >= 11 is 7.28. The highest BCUT2D eigenvalue weighted by Crippen LogP contribution is 2.27. The number of hydrogen-bond acceptors (Lipinski definition) is 5. The van der Waals surface area contributed by atoms with Gasteiger partial charge in [0.15, 0.2) is 0 Å². The quantitative estimate of drug-likeness (QED) is 0.832. The minimum Gasteiger partial charge on any atom is -0.486 e. The number of rotatable bonds is 5. The molecular formula is C19H24ClN3O2S. The maximum Gasteiger partial charge on any atom is 0.266 e. The molecule has 2 unspecified atom stereocenters. The van der Waals surface area contributed by atoms with Crippen molar-refractivity contribution in [3.63, 3.8) is 0 Å². The van der Waals surface area contributed by atoms with Gasteiger partial charge >= 0.3 is 0 Å². The summed E-state index contributed by atoms with van der Waals surface area (Å²) in [6.07, 6.45) is 3.12. The average molecular weight is 394 g/mol. The van der Waals surface area contributed by atoms with Gasteiger partial charge in [-0.15, -0.1) is 11.3 Å². The Balaban J connectivity index is 1.70. The van der Waals surface area contributed by atoms with Crippen LogP contribution in [-0.4, -0.2) is 34.4 Å². The summed E-state index contributed by atoms with van der Waals surface area (Å²) in [5.74, 6) is 0.767. The number of piperidine rings is 1. The molecule has 0 bridgehead atoms.